The highest BCUT2D eigenvalue weighted by molar-refractivity contribution is 6.02. The van der Waals surface area contributed by atoms with Gasteiger partial charge in [-0.15, -0.1) is 0 Å². The Hall–Kier alpha value is -3.46. The summed E-state index contributed by atoms with van der Waals surface area (Å²) >= 11 is 0. The standard InChI is InChI=1S/C26H27N5/c1-18-4-8-21(9-5-18)26-25(20-10-6-19(15-27)7-11-20)23-14-22(16-29-13-12-28-2)31(3)24(23)17-30-26/h4-11,14,17,28-29H,12-13,16H2,1-3H3. The first kappa shape index (κ1) is 20.8. The first-order valence-corrected chi connectivity index (χ1v) is 10.5. The van der Waals surface area contributed by atoms with Gasteiger partial charge in [0.15, 0.2) is 0 Å². The molecule has 4 aromatic rings. The van der Waals surface area contributed by atoms with Gasteiger partial charge in [0.1, 0.15) is 0 Å². The summed E-state index contributed by atoms with van der Waals surface area (Å²) in [6, 6.07) is 20.7. The molecule has 0 fully saturated rings. The van der Waals surface area contributed by atoms with Crippen LogP contribution in [0.25, 0.3) is 33.3 Å². The van der Waals surface area contributed by atoms with Crippen molar-refractivity contribution < 1.29 is 0 Å². The second-order valence-corrected chi connectivity index (χ2v) is 7.81. The van der Waals surface area contributed by atoms with Crippen molar-refractivity contribution in [1.82, 2.24) is 20.2 Å². The molecule has 0 aliphatic heterocycles. The Labute approximate surface area is 183 Å². The lowest BCUT2D eigenvalue weighted by molar-refractivity contribution is 0.630. The summed E-state index contributed by atoms with van der Waals surface area (Å²) in [5.41, 5.74) is 8.39. The molecule has 0 unspecified atom stereocenters. The maximum Gasteiger partial charge on any atom is 0.0991 e. The second-order valence-electron chi connectivity index (χ2n) is 7.81. The van der Waals surface area contributed by atoms with Gasteiger partial charge in [0.05, 0.1) is 29.0 Å². The van der Waals surface area contributed by atoms with Gasteiger partial charge in [-0.2, -0.15) is 5.26 Å². The van der Waals surface area contributed by atoms with Crippen LogP contribution in [0.5, 0.6) is 0 Å². The van der Waals surface area contributed by atoms with E-state index in [1.807, 2.05) is 37.5 Å². The third-order valence-corrected chi connectivity index (χ3v) is 5.69. The van der Waals surface area contributed by atoms with Crippen LogP contribution in [0, 0.1) is 18.3 Å². The van der Waals surface area contributed by atoms with Gasteiger partial charge in [-0.25, -0.2) is 0 Å². The Morgan fingerprint density at radius 2 is 1.71 bits per heavy atom. The topological polar surface area (TPSA) is 65.7 Å². The number of fused-ring (bicyclic) bond motifs is 1. The molecule has 0 spiro atoms. The highest BCUT2D eigenvalue weighted by atomic mass is 15.0. The smallest absolute Gasteiger partial charge is 0.0991 e. The quantitative estimate of drug-likeness (QED) is 0.444. The molecular formula is C26H27N5. The molecule has 0 amide bonds. The molecule has 0 radical (unpaired) electrons. The van der Waals surface area contributed by atoms with Crippen molar-refractivity contribution in [3.8, 4) is 28.5 Å². The van der Waals surface area contributed by atoms with E-state index in [1.54, 1.807) is 0 Å². The zero-order valence-corrected chi connectivity index (χ0v) is 18.2. The number of rotatable bonds is 7. The van der Waals surface area contributed by atoms with Crippen LogP contribution in [0.15, 0.2) is 60.8 Å². The van der Waals surface area contributed by atoms with Crippen molar-refractivity contribution in [2.75, 3.05) is 20.1 Å². The van der Waals surface area contributed by atoms with Crippen LogP contribution in [0.4, 0.5) is 0 Å². The van der Waals surface area contributed by atoms with Crippen LogP contribution in [0.3, 0.4) is 0 Å². The highest BCUT2D eigenvalue weighted by Gasteiger charge is 2.17. The average molecular weight is 410 g/mol. The van der Waals surface area contributed by atoms with Crippen LogP contribution in [-0.4, -0.2) is 29.7 Å². The normalized spacial score (nSPS) is 11.0. The monoisotopic (exact) mass is 409 g/mol. The number of nitrogens with one attached hydrogen (secondary N) is 2. The Morgan fingerprint density at radius 3 is 2.39 bits per heavy atom. The lowest BCUT2D eigenvalue weighted by Crippen LogP contribution is -2.25. The molecule has 2 aromatic carbocycles. The van der Waals surface area contributed by atoms with Crippen LogP contribution < -0.4 is 10.6 Å². The van der Waals surface area contributed by atoms with Gasteiger partial charge in [0.2, 0.25) is 0 Å². The van der Waals surface area contributed by atoms with Crippen LogP contribution in [0.1, 0.15) is 16.8 Å². The third kappa shape index (κ3) is 4.22. The zero-order valence-electron chi connectivity index (χ0n) is 18.2. The van der Waals surface area contributed by atoms with E-state index in [4.69, 9.17) is 4.98 Å². The zero-order chi connectivity index (χ0) is 21.8. The Balaban J connectivity index is 1.88. The lowest BCUT2D eigenvalue weighted by atomic mass is 9.95. The SMILES string of the molecule is CNCCNCc1cc2c(-c3ccc(C#N)cc3)c(-c3ccc(C)cc3)ncc2n1C. The van der Waals surface area contributed by atoms with E-state index >= 15 is 0 Å². The summed E-state index contributed by atoms with van der Waals surface area (Å²) in [5.74, 6) is 0. The van der Waals surface area contributed by atoms with E-state index in [2.05, 4.69) is 65.6 Å². The molecular weight excluding hydrogens is 382 g/mol. The number of nitriles is 1. The maximum absolute atomic E-state index is 9.21. The molecule has 0 aliphatic carbocycles. The fourth-order valence-electron chi connectivity index (χ4n) is 3.88. The molecule has 0 atom stereocenters. The number of benzene rings is 2. The van der Waals surface area contributed by atoms with Gasteiger partial charge < -0.3 is 15.2 Å². The number of nitrogens with zero attached hydrogens (tertiary/aromatic N) is 3. The lowest BCUT2D eigenvalue weighted by Gasteiger charge is -2.12. The Morgan fingerprint density at radius 1 is 1.00 bits per heavy atom. The van der Waals surface area contributed by atoms with Crippen LogP contribution >= 0.6 is 0 Å². The fraction of sp³-hybridized carbons (Fsp3) is 0.231. The number of likely N-dealkylation sites (N-methyl/N-ethyl adjacent to an activating group) is 1. The minimum absolute atomic E-state index is 0.656. The summed E-state index contributed by atoms with van der Waals surface area (Å²) in [4.78, 5) is 4.89. The molecule has 2 aromatic heterocycles. The van der Waals surface area contributed by atoms with Gasteiger partial charge in [0.25, 0.3) is 0 Å². The summed E-state index contributed by atoms with van der Waals surface area (Å²) in [6.07, 6.45) is 1.97. The predicted octanol–water partition coefficient (Wildman–Crippen LogP) is 4.40. The van der Waals surface area contributed by atoms with Crippen LogP contribution in [-0.2, 0) is 13.6 Å². The van der Waals surface area contributed by atoms with Gasteiger partial charge in [-0.05, 0) is 37.7 Å². The molecule has 31 heavy (non-hydrogen) atoms. The van der Waals surface area contributed by atoms with E-state index in [-0.39, 0.29) is 0 Å². The van der Waals surface area contributed by atoms with Crippen molar-refractivity contribution in [3.05, 3.63) is 77.6 Å². The molecule has 5 nitrogen and oxygen atoms in total. The molecule has 4 rings (SSSR count). The van der Waals surface area contributed by atoms with E-state index in [0.29, 0.717) is 5.56 Å². The fourth-order valence-corrected chi connectivity index (χ4v) is 3.88. The van der Waals surface area contributed by atoms with Crippen molar-refractivity contribution >= 4 is 10.9 Å². The highest BCUT2D eigenvalue weighted by Crippen LogP contribution is 2.37. The van der Waals surface area contributed by atoms with E-state index in [1.165, 1.54) is 16.6 Å². The van der Waals surface area contributed by atoms with Gasteiger partial charge in [-0.3, -0.25) is 4.98 Å². The molecule has 0 saturated carbocycles. The molecule has 5 heteroatoms. The largest absolute Gasteiger partial charge is 0.345 e. The molecule has 2 heterocycles. The number of hydrogen-bond acceptors (Lipinski definition) is 4. The first-order valence-electron chi connectivity index (χ1n) is 10.5. The maximum atomic E-state index is 9.21. The number of hydrogen-bond donors (Lipinski definition) is 2. The third-order valence-electron chi connectivity index (χ3n) is 5.69. The minimum atomic E-state index is 0.656. The minimum Gasteiger partial charge on any atom is -0.345 e. The molecule has 2 N–H and O–H groups in total. The van der Waals surface area contributed by atoms with Crippen molar-refractivity contribution in [2.24, 2.45) is 7.05 Å². The van der Waals surface area contributed by atoms with E-state index < -0.39 is 0 Å². The summed E-state index contributed by atoms with van der Waals surface area (Å²) < 4.78 is 2.21. The van der Waals surface area contributed by atoms with Gasteiger partial charge in [0, 0.05) is 48.9 Å². The van der Waals surface area contributed by atoms with E-state index in [9.17, 15) is 5.26 Å². The summed E-state index contributed by atoms with van der Waals surface area (Å²) in [5, 5.41) is 17.0. The summed E-state index contributed by atoms with van der Waals surface area (Å²) in [7, 11) is 4.05. The summed E-state index contributed by atoms with van der Waals surface area (Å²) in [6.45, 7) is 4.72. The van der Waals surface area contributed by atoms with E-state index in [0.717, 1.165) is 47.5 Å². The first-order chi connectivity index (χ1) is 15.1. The Kier molecular flexibility index (Phi) is 6.13. The number of aromatic nitrogens is 2. The molecule has 0 saturated heterocycles. The van der Waals surface area contributed by atoms with Crippen molar-refractivity contribution in [2.45, 2.75) is 13.5 Å². The second kappa shape index (κ2) is 9.13. The predicted molar refractivity (Wildman–Crippen MR) is 127 cm³/mol. The van der Waals surface area contributed by atoms with Gasteiger partial charge in [-0.1, -0.05) is 42.0 Å². The number of aryl methyl sites for hydroxylation is 2. The number of pyridine rings is 1. The van der Waals surface area contributed by atoms with Crippen molar-refractivity contribution in [1.29, 1.82) is 5.26 Å². The van der Waals surface area contributed by atoms with Crippen LogP contribution in [0.2, 0.25) is 0 Å². The molecule has 0 bridgehead atoms. The molecule has 0 aliphatic rings. The Bertz CT molecular complexity index is 1230. The van der Waals surface area contributed by atoms with Gasteiger partial charge >= 0.3 is 0 Å². The average Bonchev–Trinajstić information content (AvgIpc) is 3.12. The molecule has 156 valence electrons. The van der Waals surface area contributed by atoms with Crippen molar-refractivity contribution in [3.63, 3.8) is 0 Å².